The summed E-state index contributed by atoms with van der Waals surface area (Å²) in [4.78, 5) is 11.4. The van der Waals surface area contributed by atoms with Crippen LogP contribution in [-0.2, 0) is 6.42 Å². The fourth-order valence-corrected chi connectivity index (χ4v) is 5.40. The van der Waals surface area contributed by atoms with Gasteiger partial charge in [-0.15, -0.1) is 11.3 Å². The van der Waals surface area contributed by atoms with Crippen LogP contribution >= 0.6 is 11.3 Å². The van der Waals surface area contributed by atoms with Gasteiger partial charge in [0.25, 0.3) is 0 Å². The monoisotopic (exact) mass is 406 g/mol. The molecule has 0 fully saturated rings. The largest absolute Gasteiger partial charge is 0.228 e. The first-order valence-electron chi connectivity index (χ1n) is 10.3. The Balaban J connectivity index is 1.81. The molecule has 5 aromatic rings. The van der Waals surface area contributed by atoms with Gasteiger partial charge >= 0.3 is 0 Å². The van der Waals surface area contributed by atoms with Crippen molar-refractivity contribution in [1.82, 2.24) is 9.97 Å². The average Bonchev–Trinajstić information content (AvgIpc) is 3.16. The molecule has 2 nitrogen and oxygen atoms in total. The predicted molar refractivity (Wildman–Crippen MR) is 130 cm³/mol. The van der Waals surface area contributed by atoms with Crippen molar-refractivity contribution >= 4 is 38.4 Å². The summed E-state index contributed by atoms with van der Waals surface area (Å²) < 4.78 is 1.26. The second kappa shape index (κ2) is 7.85. The average molecular weight is 407 g/mol. The Bertz CT molecular complexity index is 1380. The smallest absolute Gasteiger partial charge is 0.161 e. The van der Waals surface area contributed by atoms with Gasteiger partial charge in [0.2, 0.25) is 0 Å². The molecule has 0 unspecified atom stereocenters. The summed E-state index contributed by atoms with van der Waals surface area (Å²) in [5.74, 6) is 0.786. The minimum Gasteiger partial charge on any atom is -0.228 e. The van der Waals surface area contributed by atoms with Crippen LogP contribution < -0.4 is 0 Å². The maximum Gasteiger partial charge on any atom is 0.161 e. The van der Waals surface area contributed by atoms with E-state index in [9.17, 15) is 0 Å². The summed E-state index contributed by atoms with van der Waals surface area (Å²) in [6.45, 7) is 4.30. The second-order valence-corrected chi connectivity index (χ2v) is 8.31. The van der Waals surface area contributed by atoms with Crippen molar-refractivity contribution in [2.75, 3.05) is 0 Å². The van der Waals surface area contributed by atoms with Gasteiger partial charge in [-0.25, -0.2) is 9.97 Å². The molecule has 0 saturated carbocycles. The second-order valence-electron chi connectivity index (χ2n) is 7.26. The first kappa shape index (κ1) is 18.7. The molecule has 0 aliphatic carbocycles. The SMILES string of the molecule is C/C=C\c1sc2c(-c3nc(-c4ccccc4)c4ccccc4n3)cccc2c1CC. The van der Waals surface area contributed by atoms with Crippen molar-refractivity contribution in [1.29, 1.82) is 0 Å². The molecule has 3 heteroatoms. The molecule has 3 aromatic carbocycles. The number of benzene rings is 3. The zero-order valence-corrected chi connectivity index (χ0v) is 17.9. The van der Waals surface area contributed by atoms with Crippen LogP contribution in [0.3, 0.4) is 0 Å². The molecule has 0 saturated heterocycles. The molecule has 0 radical (unpaired) electrons. The van der Waals surface area contributed by atoms with E-state index in [2.05, 4.69) is 86.7 Å². The number of allylic oxidation sites excluding steroid dienone is 1. The molecule has 0 atom stereocenters. The number of nitrogens with zero attached hydrogens (tertiary/aromatic N) is 2. The zero-order chi connectivity index (χ0) is 20.5. The lowest BCUT2D eigenvalue weighted by Gasteiger charge is -2.10. The molecule has 2 aromatic heterocycles. The van der Waals surface area contributed by atoms with E-state index in [0.29, 0.717) is 0 Å². The maximum absolute atomic E-state index is 5.08. The van der Waals surface area contributed by atoms with Gasteiger partial charge < -0.3 is 0 Å². The van der Waals surface area contributed by atoms with Crippen LogP contribution in [0.25, 0.3) is 49.7 Å². The Morgan fingerprint density at radius 2 is 1.60 bits per heavy atom. The third-order valence-electron chi connectivity index (χ3n) is 5.41. The lowest BCUT2D eigenvalue weighted by Crippen LogP contribution is -1.95. The van der Waals surface area contributed by atoms with E-state index >= 15 is 0 Å². The molecule has 0 bridgehead atoms. The lowest BCUT2D eigenvalue weighted by molar-refractivity contribution is 1.16. The van der Waals surface area contributed by atoms with Crippen LogP contribution in [-0.4, -0.2) is 9.97 Å². The summed E-state index contributed by atoms with van der Waals surface area (Å²) >= 11 is 1.83. The molecule has 2 heterocycles. The van der Waals surface area contributed by atoms with Crippen LogP contribution in [0.1, 0.15) is 24.3 Å². The number of aromatic nitrogens is 2. The van der Waals surface area contributed by atoms with Gasteiger partial charge in [0.15, 0.2) is 5.82 Å². The minimum absolute atomic E-state index is 0.786. The number of fused-ring (bicyclic) bond motifs is 2. The highest BCUT2D eigenvalue weighted by atomic mass is 32.1. The molecule has 0 aliphatic heterocycles. The number of hydrogen-bond donors (Lipinski definition) is 0. The van der Waals surface area contributed by atoms with Crippen LogP contribution in [0.4, 0.5) is 0 Å². The third-order valence-corrected chi connectivity index (χ3v) is 6.66. The van der Waals surface area contributed by atoms with Gasteiger partial charge in [-0.3, -0.25) is 0 Å². The Kier molecular flexibility index (Phi) is 4.89. The van der Waals surface area contributed by atoms with Crippen LogP contribution in [0, 0.1) is 0 Å². The zero-order valence-electron chi connectivity index (χ0n) is 17.1. The van der Waals surface area contributed by atoms with Crippen LogP contribution in [0.15, 0.2) is 78.9 Å². The van der Waals surface area contributed by atoms with E-state index in [1.165, 1.54) is 20.5 Å². The number of thiophene rings is 1. The number of para-hydroxylation sites is 1. The molecule has 0 spiro atoms. The number of aryl methyl sites for hydroxylation is 1. The van der Waals surface area contributed by atoms with Gasteiger partial charge in [-0.1, -0.05) is 73.7 Å². The first-order chi connectivity index (χ1) is 14.8. The fraction of sp³-hybridized carbons (Fsp3) is 0.111. The summed E-state index contributed by atoms with van der Waals surface area (Å²) in [6, 6.07) is 25.2. The van der Waals surface area contributed by atoms with E-state index in [-0.39, 0.29) is 0 Å². The van der Waals surface area contributed by atoms with Crippen molar-refractivity contribution in [2.45, 2.75) is 20.3 Å². The van der Waals surface area contributed by atoms with Crippen LogP contribution in [0.5, 0.6) is 0 Å². The highest BCUT2D eigenvalue weighted by Gasteiger charge is 2.16. The van der Waals surface area contributed by atoms with Crippen molar-refractivity contribution in [3.63, 3.8) is 0 Å². The summed E-state index contributed by atoms with van der Waals surface area (Å²) in [6.07, 6.45) is 5.34. The van der Waals surface area contributed by atoms with Gasteiger partial charge in [-0.05, 0) is 42.5 Å². The van der Waals surface area contributed by atoms with E-state index in [1.807, 2.05) is 23.5 Å². The lowest BCUT2D eigenvalue weighted by atomic mass is 10.0. The molecular weight excluding hydrogens is 384 g/mol. The number of rotatable bonds is 4. The Morgan fingerprint density at radius 1 is 0.833 bits per heavy atom. The Morgan fingerprint density at radius 3 is 2.40 bits per heavy atom. The first-order valence-corrected chi connectivity index (χ1v) is 11.1. The third kappa shape index (κ3) is 3.12. The number of hydrogen-bond acceptors (Lipinski definition) is 3. The van der Waals surface area contributed by atoms with Crippen molar-refractivity contribution < 1.29 is 0 Å². The van der Waals surface area contributed by atoms with E-state index < -0.39 is 0 Å². The molecule has 0 N–H and O–H groups in total. The van der Waals surface area contributed by atoms with Crippen molar-refractivity contribution in [3.05, 3.63) is 89.3 Å². The molecule has 0 amide bonds. The molecule has 30 heavy (non-hydrogen) atoms. The Labute approximate surface area is 180 Å². The van der Waals surface area contributed by atoms with Crippen molar-refractivity contribution in [2.24, 2.45) is 0 Å². The van der Waals surface area contributed by atoms with Crippen LogP contribution in [0.2, 0.25) is 0 Å². The topological polar surface area (TPSA) is 25.8 Å². The molecule has 5 rings (SSSR count). The fourth-order valence-electron chi connectivity index (χ4n) is 4.03. The normalized spacial score (nSPS) is 11.7. The predicted octanol–water partition coefficient (Wildman–Crippen LogP) is 7.77. The van der Waals surface area contributed by atoms with Gasteiger partial charge in [-0.2, -0.15) is 0 Å². The van der Waals surface area contributed by atoms with Crippen molar-refractivity contribution in [3.8, 4) is 22.6 Å². The van der Waals surface area contributed by atoms with Gasteiger partial charge in [0.1, 0.15) is 0 Å². The van der Waals surface area contributed by atoms with Gasteiger partial charge in [0, 0.05) is 26.1 Å². The highest BCUT2D eigenvalue weighted by Crippen LogP contribution is 2.39. The summed E-state index contributed by atoms with van der Waals surface area (Å²) in [5.41, 5.74) is 5.57. The summed E-state index contributed by atoms with van der Waals surface area (Å²) in [5, 5.41) is 2.39. The quantitative estimate of drug-likeness (QED) is 0.304. The standard InChI is InChI=1S/C27H22N2S/c1-3-11-24-19(4-2)20-15-10-16-22(26(20)30-24)27-28-23-17-9-8-14-21(23)25(29-27)18-12-6-5-7-13-18/h3,5-17H,4H2,1-2H3/b11-3-. The molecule has 146 valence electrons. The van der Waals surface area contributed by atoms with E-state index in [1.54, 1.807) is 0 Å². The van der Waals surface area contributed by atoms with Gasteiger partial charge in [0.05, 0.1) is 11.2 Å². The minimum atomic E-state index is 0.786. The van der Waals surface area contributed by atoms with E-state index in [4.69, 9.17) is 9.97 Å². The highest BCUT2D eigenvalue weighted by molar-refractivity contribution is 7.20. The van der Waals surface area contributed by atoms with E-state index in [0.717, 1.165) is 40.0 Å². The maximum atomic E-state index is 5.08. The molecule has 0 aliphatic rings. The Hall–Kier alpha value is -3.30. The molecular formula is C27H22N2S. The summed E-state index contributed by atoms with van der Waals surface area (Å²) in [7, 11) is 0.